The van der Waals surface area contributed by atoms with Crippen molar-refractivity contribution in [3.8, 4) is 0 Å². The van der Waals surface area contributed by atoms with Crippen LogP contribution in [0.25, 0.3) is 0 Å². The van der Waals surface area contributed by atoms with Gasteiger partial charge in [-0.2, -0.15) is 0 Å². The third kappa shape index (κ3) is 2.68. The van der Waals surface area contributed by atoms with Crippen LogP contribution in [0.15, 0.2) is 24.3 Å². The first-order chi connectivity index (χ1) is 8.32. The monoisotopic (exact) mass is 248 g/mol. The molecule has 100 valence electrons. The zero-order valence-corrected chi connectivity index (χ0v) is 11.9. The first-order valence-electron chi connectivity index (χ1n) is 6.47. The maximum atomic E-state index is 6.18. The zero-order valence-electron chi connectivity index (χ0n) is 11.9. The lowest BCUT2D eigenvalue weighted by Crippen LogP contribution is -2.53. The van der Waals surface area contributed by atoms with Crippen LogP contribution in [0.5, 0.6) is 0 Å². The van der Waals surface area contributed by atoms with Crippen molar-refractivity contribution >= 4 is 5.69 Å². The third-order valence-corrected chi connectivity index (χ3v) is 3.55. The van der Waals surface area contributed by atoms with E-state index in [2.05, 4.69) is 57.1 Å². The first kappa shape index (κ1) is 13.4. The summed E-state index contributed by atoms with van der Waals surface area (Å²) in [6, 6.07) is 8.75. The van der Waals surface area contributed by atoms with Crippen LogP contribution in [-0.2, 0) is 10.2 Å². The predicted octanol–water partition coefficient (Wildman–Crippen LogP) is 2.15. The Labute approximate surface area is 110 Å². The van der Waals surface area contributed by atoms with E-state index >= 15 is 0 Å². The Morgan fingerprint density at radius 3 is 2.11 bits per heavy atom. The van der Waals surface area contributed by atoms with Crippen LogP contribution in [0.2, 0.25) is 0 Å². The molecule has 18 heavy (non-hydrogen) atoms. The molecule has 3 heteroatoms. The van der Waals surface area contributed by atoms with Gasteiger partial charge in [0.25, 0.3) is 0 Å². The highest BCUT2D eigenvalue weighted by Gasteiger charge is 2.43. The van der Waals surface area contributed by atoms with Crippen LogP contribution in [-0.4, -0.2) is 32.8 Å². The number of hydrogen-bond donors (Lipinski definition) is 1. The average molecular weight is 248 g/mol. The quantitative estimate of drug-likeness (QED) is 0.887. The highest BCUT2D eigenvalue weighted by molar-refractivity contribution is 5.47. The summed E-state index contributed by atoms with van der Waals surface area (Å²) < 4.78 is 5.45. The Kier molecular flexibility index (Phi) is 3.39. The van der Waals surface area contributed by atoms with Crippen LogP contribution in [0.1, 0.15) is 25.8 Å². The Bertz CT molecular complexity index is 399. The van der Waals surface area contributed by atoms with E-state index in [1.807, 2.05) is 0 Å². The first-order valence-corrected chi connectivity index (χ1v) is 6.47. The van der Waals surface area contributed by atoms with Crippen LogP contribution in [0.4, 0.5) is 5.69 Å². The molecule has 1 fully saturated rings. The van der Waals surface area contributed by atoms with Gasteiger partial charge in [-0.25, -0.2) is 0 Å². The van der Waals surface area contributed by atoms with Crippen molar-refractivity contribution in [2.75, 3.05) is 32.2 Å². The molecule has 1 aliphatic rings. The minimum atomic E-state index is -0.163. The van der Waals surface area contributed by atoms with Crippen molar-refractivity contribution in [1.82, 2.24) is 0 Å². The molecule has 0 radical (unpaired) electrons. The van der Waals surface area contributed by atoms with Crippen molar-refractivity contribution in [2.45, 2.75) is 31.2 Å². The molecule has 1 saturated heterocycles. The SMILES string of the molecule is CN(C)c1ccc(C2(CC(C)(C)N)COC2)cc1. The second-order valence-electron chi connectivity index (χ2n) is 6.38. The Hall–Kier alpha value is -1.06. The second-order valence-corrected chi connectivity index (χ2v) is 6.38. The highest BCUT2D eigenvalue weighted by atomic mass is 16.5. The normalized spacial score (nSPS) is 18.3. The summed E-state index contributed by atoms with van der Waals surface area (Å²) in [5.74, 6) is 0. The zero-order chi connectivity index (χ0) is 13.4. The topological polar surface area (TPSA) is 38.5 Å². The summed E-state index contributed by atoms with van der Waals surface area (Å²) in [5.41, 5.74) is 8.70. The second kappa shape index (κ2) is 4.56. The van der Waals surface area contributed by atoms with E-state index in [1.54, 1.807) is 0 Å². The lowest BCUT2D eigenvalue weighted by Gasteiger charge is -2.45. The summed E-state index contributed by atoms with van der Waals surface area (Å²) >= 11 is 0. The summed E-state index contributed by atoms with van der Waals surface area (Å²) in [7, 11) is 4.11. The average Bonchev–Trinajstić information content (AvgIpc) is 2.22. The van der Waals surface area contributed by atoms with Gasteiger partial charge in [0.15, 0.2) is 0 Å². The fourth-order valence-electron chi connectivity index (χ4n) is 2.70. The summed E-state index contributed by atoms with van der Waals surface area (Å²) in [4.78, 5) is 2.11. The molecule has 0 unspecified atom stereocenters. The number of nitrogens with zero attached hydrogens (tertiary/aromatic N) is 1. The van der Waals surface area contributed by atoms with Gasteiger partial charge in [0.05, 0.1) is 13.2 Å². The van der Waals surface area contributed by atoms with Gasteiger partial charge in [0.2, 0.25) is 0 Å². The van der Waals surface area contributed by atoms with Crippen LogP contribution in [0, 0.1) is 0 Å². The molecule has 1 aromatic carbocycles. The number of ether oxygens (including phenoxy) is 1. The van der Waals surface area contributed by atoms with Gasteiger partial charge in [-0.3, -0.25) is 0 Å². The van der Waals surface area contributed by atoms with Crippen molar-refractivity contribution in [3.05, 3.63) is 29.8 Å². The maximum Gasteiger partial charge on any atom is 0.0586 e. The van der Waals surface area contributed by atoms with Crippen molar-refractivity contribution in [2.24, 2.45) is 5.73 Å². The Balaban J connectivity index is 2.22. The molecule has 0 bridgehead atoms. The Morgan fingerprint density at radius 1 is 1.22 bits per heavy atom. The van der Waals surface area contributed by atoms with Crippen LogP contribution in [0.3, 0.4) is 0 Å². The van der Waals surface area contributed by atoms with E-state index < -0.39 is 0 Å². The van der Waals surface area contributed by atoms with Gasteiger partial charge < -0.3 is 15.4 Å². The summed E-state index contributed by atoms with van der Waals surface area (Å²) in [5, 5.41) is 0. The molecule has 3 nitrogen and oxygen atoms in total. The van der Waals surface area contributed by atoms with E-state index in [0.29, 0.717) is 0 Å². The number of hydrogen-bond acceptors (Lipinski definition) is 3. The number of nitrogens with two attached hydrogens (primary N) is 1. The van der Waals surface area contributed by atoms with Crippen LogP contribution >= 0.6 is 0 Å². The number of rotatable bonds is 4. The molecule has 0 amide bonds. The third-order valence-electron chi connectivity index (χ3n) is 3.55. The Morgan fingerprint density at radius 2 is 1.78 bits per heavy atom. The minimum Gasteiger partial charge on any atom is -0.379 e. The molecule has 1 heterocycles. The van der Waals surface area contributed by atoms with E-state index in [4.69, 9.17) is 10.5 Å². The molecule has 0 saturated carbocycles. The van der Waals surface area contributed by atoms with E-state index in [0.717, 1.165) is 19.6 Å². The van der Waals surface area contributed by atoms with Gasteiger partial charge in [-0.1, -0.05) is 12.1 Å². The van der Waals surface area contributed by atoms with Crippen LogP contribution < -0.4 is 10.6 Å². The summed E-state index contributed by atoms with van der Waals surface area (Å²) in [6.45, 7) is 5.74. The largest absolute Gasteiger partial charge is 0.379 e. The maximum absolute atomic E-state index is 6.18. The molecule has 0 aliphatic carbocycles. The van der Waals surface area contributed by atoms with Gasteiger partial charge in [0, 0.05) is 30.7 Å². The number of anilines is 1. The van der Waals surface area contributed by atoms with Gasteiger partial charge >= 0.3 is 0 Å². The minimum absolute atomic E-state index is 0.114. The lowest BCUT2D eigenvalue weighted by atomic mass is 9.71. The van der Waals surface area contributed by atoms with Gasteiger partial charge in [0.1, 0.15) is 0 Å². The number of benzene rings is 1. The van der Waals surface area contributed by atoms with Crippen molar-refractivity contribution in [1.29, 1.82) is 0 Å². The molecular weight excluding hydrogens is 224 g/mol. The molecule has 0 spiro atoms. The summed E-state index contributed by atoms with van der Waals surface area (Å²) in [6.07, 6.45) is 0.960. The smallest absolute Gasteiger partial charge is 0.0586 e. The van der Waals surface area contributed by atoms with Crippen molar-refractivity contribution in [3.63, 3.8) is 0 Å². The molecule has 2 N–H and O–H groups in total. The van der Waals surface area contributed by atoms with E-state index in [1.165, 1.54) is 11.3 Å². The molecular formula is C15H24N2O. The highest BCUT2D eigenvalue weighted by Crippen LogP contribution is 2.39. The molecule has 0 aromatic heterocycles. The lowest BCUT2D eigenvalue weighted by molar-refractivity contribution is -0.0718. The molecule has 1 aliphatic heterocycles. The fraction of sp³-hybridized carbons (Fsp3) is 0.600. The predicted molar refractivity (Wildman–Crippen MR) is 76.1 cm³/mol. The van der Waals surface area contributed by atoms with E-state index in [9.17, 15) is 0 Å². The van der Waals surface area contributed by atoms with E-state index in [-0.39, 0.29) is 11.0 Å². The van der Waals surface area contributed by atoms with Gasteiger partial charge in [-0.15, -0.1) is 0 Å². The van der Waals surface area contributed by atoms with Gasteiger partial charge in [-0.05, 0) is 38.0 Å². The van der Waals surface area contributed by atoms with Crippen molar-refractivity contribution < 1.29 is 4.74 Å². The standard InChI is InChI=1S/C15H24N2O/c1-14(2,16)9-15(10-18-11-15)12-5-7-13(8-6-12)17(3)4/h5-8H,9-11,16H2,1-4H3. The molecule has 1 aromatic rings. The fourth-order valence-corrected chi connectivity index (χ4v) is 2.70. The molecule has 2 rings (SSSR count). The molecule has 0 atom stereocenters.